The van der Waals surface area contributed by atoms with Crippen LogP contribution in [0.3, 0.4) is 0 Å². The van der Waals surface area contributed by atoms with E-state index in [2.05, 4.69) is 9.47 Å². The van der Waals surface area contributed by atoms with Crippen molar-refractivity contribution in [3.8, 4) is 23.0 Å². The van der Waals surface area contributed by atoms with Crippen LogP contribution in [-0.4, -0.2) is 0 Å². The molecule has 46 heavy (non-hydrogen) atoms. The summed E-state index contributed by atoms with van der Waals surface area (Å²) in [5, 5.41) is 0. The Labute approximate surface area is 242 Å². The van der Waals surface area contributed by atoms with Gasteiger partial charge in [0.15, 0.2) is 5.75 Å². The maximum atomic E-state index is 14.3. The van der Waals surface area contributed by atoms with Crippen LogP contribution < -0.4 is 20.9 Å². The molecule has 0 aliphatic rings. The smallest absolute Gasteiger partial charge is 0.423 e. The quantitative estimate of drug-likeness (QED) is 0.210. The first-order chi connectivity index (χ1) is 20.4. The van der Waals surface area contributed by atoms with E-state index < -0.39 is 111 Å². The lowest BCUT2D eigenvalue weighted by molar-refractivity contribution is -0.163. The third kappa shape index (κ3) is 7.52. The molecule has 0 bridgehead atoms. The van der Waals surface area contributed by atoms with Gasteiger partial charge in [-0.25, -0.2) is 0 Å². The van der Waals surface area contributed by atoms with Crippen molar-refractivity contribution in [3.05, 3.63) is 69.8 Å². The number of alkyl halides is 18. The molecule has 0 aliphatic heterocycles. The number of nitrogens with two attached hydrogens (primary N) is 2. The van der Waals surface area contributed by atoms with Gasteiger partial charge in [-0.15, -0.1) is 0 Å². The third-order valence-electron chi connectivity index (χ3n) is 5.57. The molecule has 0 heterocycles. The summed E-state index contributed by atoms with van der Waals surface area (Å²) in [6.45, 7) is 0. The number of benzene rings is 3. The summed E-state index contributed by atoms with van der Waals surface area (Å²) in [7, 11) is 0. The van der Waals surface area contributed by atoms with Crippen LogP contribution in [0.25, 0.3) is 0 Å². The van der Waals surface area contributed by atoms with Crippen molar-refractivity contribution in [3.63, 3.8) is 0 Å². The first-order valence-corrected chi connectivity index (χ1v) is 11.3. The van der Waals surface area contributed by atoms with Gasteiger partial charge in [-0.3, -0.25) is 0 Å². The largest absolute Gasteiger partial charge is 0.456 e. The number of halogens is 18. The van der Waals surface area contributed by atoms with E-state index in [0.29, 0.717) is 0 Å². The Hall–Kier alpha value is -4.40. The van der Waals surface area contributed by atoms with Crippen molar-refractivity contribution in [1.82, 2.24) is 0 Å². The molecule has 4 nitrogen and oxygen atoms in total. The van der Waals surface area contributed by atoms with Gasteiger partial charge in [0.1, 0.15) is 33.9 Å². The SMILES string of the molecule is Nc1cc(Oc2ccc(C(F)(F)F)c(Oc3cc(N)cc(C(F)(F)F)c3C(F)(F)F)c2C(F)(F)F)c(C(F)(F)F)c(C(F)(F)F)c1. The summed E-state index contributed by atoms with van der Waals surface area (Å²) in [5.41, 5.74) is -9.12. The number of nitrogen functional groups attached to an aromatic ring is 2. The first kappa shape index (κ1) is 36.1. The first-order valence-electron chi connectivity index (χ1n) is 11.3. The lowest BCUT2D eigenvalue weighted by atomic mass is 10.0. The van der Waals surface area contributed by atoms with Crippen molar-refractivity contribution in [1.29, 1.82) is 0 Å². The molecule has 0 spiro atoms. The molecule has 22 heteroatoms. The molecule has 3 rings (SSSR count). The van der Waals surface area contributed by atoms with Crippen molar-refractivity contribution in [2.75, 3.05) is 11.5 Å². The molecule has 0 aromatic heterocycles. The summed E-state index contributed by atoms with van der Waals surface area (Å²) >= 11 is 0. The van der Waals surface area contributed by atoms with E-state index in [0.717, 1.165) is 0 Å². The summed E-state index contributed by atoms with van der Waals surface area (Å²) in [4.78, 5) is 0. The zero-order valence-corrected chi connectivity index (χ0v) is 21.2. The van der Waals surface area contributed by atoms with Crippen LogP contribution in [0.2, 0.25) is 0 Å². The average molecular weight is 700 g/mol. The van der Waals surface area contributed by atoms with Gasteiger partial charge < -0.3 is 20.9 Å². The molecule has 3 aromatic rings. The monoisotopic (exact) mass is 700 g/mol. The number of rotatable bonds is 4. The molecule has 0 radical (unpaired) electrons. The van der Waals surface area contributed by atoms with Gasteiger partial charge in [0.2, 0.25) is 0 Å². The molecule has 0 saturated carbocycles. The second-order valence-electron chi connectivity index (χ2n) is 8.89. The molecule has 0 atom stereocenters. The normalized spacial score (nSPS) is 13.6. The minimum atomic E-state index is -6.33. The van der Waals surface area contributed by atoms with Crippen molar-refractivity contribution >= 4 is 11.4 Å². The van der Waals surface area contributed by atoms with Gasteiger partial charge in [0.05, 0.1) is 16.7 Å². The number of hydrogen-bond acceptors (Lipinski definition) is 4. The molecule has 0 unspecified atom stereocenters. The summed E-state index contributed by atoms with van der Waals surface area (Å²) in [6.07, 6.45) is -36.5. The predicted octanol–water partition coefficient (Wildman–Crippen LogP) is 10.5. The highest BCUT2D eigenvalue weighted by Crippen LogP contribution is 2.55. The highest BCUT2D eigenvalue weighted by molar-refractivity contribution is 5.62. The van der Waals surface area contributed by atoms with Crippen LogP contribution in [0.5, 0.6) is 23.0 Å². The Kier molecular flexibility index (Phi) is 8.74. The van der Waals surface area contributed by atoms with E-state index in [1.807, 2.05) is 0 Å². The molecular weight excluding hydrogens is 690 g/mol. The maximum Gasteiger partial charge on any atom is 0.423 e. The zero-order valence-electron chi connectivity index (χ0n) is 21.2. The fourth-order valence-corrected chi connectivity index (χ4v) is 3.94. The second-order valence-corrected chi connectivity index (χ2v) is 8.89. The molecule has 0 amide bonds. The maximum absolute atomic E-state index is 14.3. The van der Waals surface area contributed by atoms with Gasteiger partial charge >= 0.3 is 37.1 Å². The minimum absolute atomic E-state index is 0.105. The van der Waals surface area contributed by atoms with Gasteiger partial charge in [-0.2, -0.15) is 79.0 Å². The predicted molar refractivity (Wildman–Crippen MR) is 118 cm³/mol. The molecular formula is C24H10F18N2O2. The summed E-state index contributed by atoms with van der Waals surface area (Å²) < 4.78 is 256. The van der Waals surface area contributed by atoms with E-state index in [1.54, 1.807) is 0 Å². The van der Waals surface area contributed by atoms with Gasteiger partial charge in [-0.1, -0.05) is 0 Å². The van der Waals surface area contributed by atoms with E-state index in [-0.39, 0.29) is 30.3 Å². The number of anilines is 2. The lowest BCUT2D eigenvalue weighted by Crippen LogP contribution is -2.20. The van der Waals surface area contributed by atoms with Gasteiger partial charge in [-0.05, 0) is 24.3 Å². The van der Waals surface area contributed by atoms with Crippen LogP contribution in [-0.2, 0) is 37.1 Å². The Bertz CT molecular complexity index is 1630. The van der Waals surface area contributed by atoms with Crippen molar-refractivity contribution in [2.24, 2.45) is 0 Å². The Morgan fingerprint density at radius 2 is 0.717 bits per heavy atom. The molecule has 0 saturated heterocycles. The second kappa shape index (κ2) is 11.1. The number of ether oxygens (including phenoxy) is 2. The third-order valence-corrected chi connectivity index (χ3v) is 5.57. The number of hydrogen-bond donors (Lipinski definition) is 2. The summed E-state index contributed by atoms with van der Waals surface area (Å²) in [5.74, 6) is -9.58. The Balaban J connectivity index is 2.49. The van der Waals surface area contributed by atoms with E-state index in [1.165, 1.54) is 0 Å². The fourth-order valence-electron chi connectivity index (χ4n) is 3.94. The van der Waals surface area contributed by atoms with Crippen molar-refractivity contribution < 1.29 is 88.5 Å². The van der Waals surface area contributed by atoms with Crippen LogP contribution >= 0.6 is 0 Å². The van der Waals surface area contributed by atoms with Crippen LogP contribution in [0.1, 0.15) is 33.4 Å². The zero-order chi connectivity index (χ0) is 35.6. The van der Waals surface area contributed by atoms with Crippen LogP contribution in [0, 0.1) is 0 Å². The summed E-state index contributed by atoms with van der Waals surface area (Å²) in [6, 6.07) is -1.86. The van der Waals surface area contributed by atoms with E-state index in [4.69, 9.17) is 11.5 Å². The molecule has 0 aliphatic carbocycles. The van der Waals surface area contributed by atoms with E-state index in [9.17, 15) is 79.0 Å². The standard InChI is InChI=1S/C24H10F18N2O2/c25-19(26,27)9-1-2-12(45-13-5-7(43)3-10(20(28,29)30)15(13)22(34,35)36)17(24(40,41)42)18(9)46-14-6-8(44)4-11(21(31,32)33)16(14)23(37,38)39/h1-6H,43-44H2. The highest BCUT2D eigenvalue weighted by atomic mass is 19.4. The fraction of sp³-hybridized carbons (Fsp3) is 0.250. The van der Waals surface area contributed by atoms with Gasteiger partial charge in [0.25, 0.3) is 0 Å². The molecule has 3 aromatic carbocycles. The Morgan fingerprint density at radius 3 is 1.04 bits per heavy atom. The van der Waals surface area contributed by atoms with Crippen molar-refractivity contribution in [2.45, 2.75) is 37.1 Å². The molecule has 0 fully saturated rings. The lowest BCUT2D eigenvalue weighted by Gasteiger charge is -2.25. The van der Waals surface area contributed by atoms with Crippen LogP contribution in [0.4, 0.5) is 90.4 Å². The minimum Gasteiger partial charge on any atom is -0.456 e. The van der Waals surface area contributed by atoms with Gasteiger partial charge in [0, 0.05) is 23.5 Å². The van der Waals surface area contributed by atoms with Crippen LogP contribution in [0.15, 0.2) is 36.4 Å². The highest BCUT2D eigenvalue weighted by Gasteiger charge is 2.50. The average Bonchev–Trinajstić information content (AvgIpc) is 2.79. The van der Waals surface area contributed by atoms with E-state index >= 15 is 0 Å². The molecule has 254 valence electrons. The topological polar surface area (TPSA) is 70.5 Å². The Morgan fingerprint density at radius 1 is 0.370 bits per heavy atom. The molecule has 4 N–H and O–H groups in total.